The smallest absolute Gasteiger partial charge is 0.341 e. The zero-order valence-corrected chi connectivity index (χ0v) is 10.2. The Balaban J connectivity index is 2.43. The summed E-state index contributed by atoms with van der Waals surface area (Å²) < 4.78 is 5.64. The Bertz CT molecular complexity index is 573. The number of aryl methyl sites for hydroxylation is 2. The Morgan fingerprint density at radius 1 is 1.17 bits per heavy atom. The molecule has 0 radical (unpaired) electrons. The molecule has 1 aromatic heterocycles. The summed E-state index contributed by atoms with van der Waals surface area (Å²) in [6.45, 7) is 3.82. The van der Waals surface area contributed by atoms with Gasteiger partial charge in [0.05, 0.1) is 0 Å². The summed E-state index contributed by atoms with van der Waals surface area (Å²) in [6, 6.07) is 8.78. The van der Waals surface area contributed by atoms with E-state index in [0.717, 1.165) is 11.1 Å². The van der Waals surface area contributed by atoms with Crippen molar-refractivity contribution < 1.29 is 14.6 Å². The van der Waals surface area contributed by atoms with Crippen molar-refractivity contribution in [3.05, 3.63) is 53.2 Å². The molecule has 0 amide bonds. The molecule has 1 aromatic carbocycles. The van der Waals surface area contributed by atoms with Gasteiger partial charge in [0.2, 0.25) is 5.88 Å². The number of carboxylic acids is 1. The highest BCUT2D eigenvalue weighted by atomic mass is 16.5. The summed E-state index contributed by atoms with van der Waals surface area (Å²) >= 11 is 0. The van der Waals surface area contributed by atoms with E-state index in [1.807, 2.05) is 32.0 Å². The fraction of sp³-hybridized carbons (Fsp3) is 0.143. The number of benzene rings is 1. The fourth-order valence-electron chi connectivity index (χ4n) is 1.69. The molecule has 0 aliphatic heterocycles. The molecule has 0 fully saturated rings. The number of para-hydroxylation sites is 1. The quantitative estimate of drug-likeness (QED) is 0.899. The van der Waals surface area contributed by atoms with E-state index in [4.69, 9.17) is 9.84 Å². The third kappa shape index (κ3) is 2.32. The lowest BCUT2D eigenvalue weighted by atomic mass is 10.1. The van der Waals surface area contributed by atoms with Gasteiger partial charge < -0.3 is 9.84 Å². The Morgan fingerprint density at radius 3 is 2.44 bits per heavy atom. The van der Waals surface area contributed by atoms with Gasteiger partial charge in [0.15, 0.2) is 0 Å². The van der Waals surface area contributed by atoms with Crippen molar-refractivity contribution in [1.29, 1.82) is 0 Å². The first kappa shape index (κ1) is 12.1. The minimum absolute atomic E-state index is 0.0557. The highest BCUT2D eigenvalue weighted by Crippen LogP contribution is 2.29. The molecule has 1 N–H and O–H groups in total. The average molecular weight is 243 g/mol. The van der Waals surface area contributed by atoms with Gasteiger partial charge in [0.1, 0.15) is 11.3 Å². The van der Waals surface area contributed by atoms with Crippen LogP contribution in [0.4, 0.5) is 0 Å². The van der Waals surface area contributed by atoms with Gasteiger partial charge in [0.25, 0.3) is 0 Å². The van der Waals surface area contributed by atoms with Gasteiger partial charge in [-0.3, -0.25) is 0 Å². The van der Waals surface area contributed by atoms with Crippen molar-refractivity contribution >= 4 is 5.97 Å². The second-order valence-corrected chi connectivity index (χ2v) is 3.98. The number of aromatic carboxylic acids is 1. The first-order chi connectivity index (χ1) is 8.59. The third-order valence-corrected chi connectivity index (χ3v) is 2.61. The molecule has 0 atom stereocenters. The highest BCUT2D eigenvalue weighted by molar-refractivity contribution is 5.90. The van der Waals surface area contributed by atoms with Crippen molar-refractivity contribution in [2.75, 3.05) is 0 Å². The normalized spacial score (nSPS) is 10.1. The van der Waals surface area contributed by atoms with E-state index in [0.29, 0.717) is 5.75 Å². The second-order valence-electron chi connectivity index (χ2n) is 3.98. The minimum Gasteiger partial charge on any atom is -0.477 e. The van der Waals surface area contributed by atoms with Crippen LogP contribution in [-0.2, 0) is 0 Å². The van der Waals surface area contributed by atoms with Gasteiger partial charge in [0, 0.05) is 6.20 Å². The predicted molar refractivity (Wildman–Crippen MR) is 67.2 cm³/mol. The van der Waals surface area contributed by atoms with Crippen molar-refractivity contribution in [1.82, 2.24) is 4.98 Å². The monoisotopic (exact) mass is 243 g/mol. The van der Waals surface area contributed by atoms with E-state index < -0.39 is 5.97 Å². The summed E-state index contributed by atoms with van der Waals surface area (Å²) in [5, 5.41) is 9.06. The molecule has 0 saturated carbocycles. The molecular weight excluding hydrogens is 230 g/mol. The van der Waals surface area contributed by atoms with Crippen molar-refractivity contribution in [2.24, 2.45) is 0 Å². The Morgan fingerprint density at radius 2 is 1.83 bits per heavy atom. The van der Waals surface area contributed by atoms with E-state index in [1.165, 1.54) is 12.3 Å². The molecule has 4 heteroatoms. The fourth-order valence-corrected chi connectivity index (χ4v) is 1.69. The van der Waals surface area contributed by atoms with Gasteiger partial charge in [-0.15, -0.1) is 0 Å². The molecule has 0 aliphatic rings. The molecule has 0 bridgehead atoms. The first-order valence-corrected chi connectivity index (χ1v) is 5.52. The predicted octanol–water partition coefficient (Wildman–Crippen LogP) is 3.19. The number of nitrogens with zero attached hydrogens (tertiary/aromatic N) is 1. The highest BCUT2D eigenvalue weighted by Gasteiger charge is 2.14. The van der Waals surface area contributed by atoms with Gasteiger partial charge in [-0.05, 0) is 37.1 Å². The molecule has 0 unspecified atom stereocenters. The van der Waals surface area contributed by atoms with E-state index >= 15 is 0 Å². The van der Waals surface area contributed by atoms with Gasteiger partial charge in [-0.25, -0.2) is 9.78 Å². The number of hydrogen-bond acceptors (Lipinski definition) is 3. The number of carbonyl (C=O) groups is 1. The summed E-state index contributed by atoms with van der Waals surface area (Å²) in [5.74, 6) is -0.287. The SMILES string of the molecule is Cc1cccc(C)c1Oc1ncccc1C(=O)O. The van der Waals surface area contributed by atoms with Crippen molar-refractivity contribution in [3.63, 3.8) is 0 Å². The molecule has 92 valence electrons. The van der Waals surface area contributed by atoms with Crippen LogP contribution in [0.15, 0.2) is 36.5 Å². The van der Waals surface area contributed by atoms with Crippen molar-refractivity contribution in [2.45, 2.75) is 13.8 Å². The maximum Gasteiger partial charge on any atom is 0.341 e. The molecule has 0 spiro atoms. The number of hydrogen-bond donors (Lipinski definition) is 1. The first-order valence-electron chi connectivity index (χ1n) is 5.52. The molecule has 2 aromatic rings. The number of ether oxygens (including phenoxy) is 1. The maximum absolute atomic E-state index is 11.1. The number of rotatable bonds is 3. The summed E-state index contributed by atoms with van der Waals surface area (Å²) in [4.78, 5) is 15.0. The third-order valence-electron chi connectivity index (χ3n) is 2.61. The van der Waals surface area contributed by atoms with E-state index in [1.54, 1.807) is 6.07 Å². The van der Waals surface area contributed by atoms with Gasteiger partial charge >= 0.3 is 5.97 Å². The van der Waals surface area contributed by atoms with E-state index in [2.05, 4.69) is 4.98 Å². The van der Waals surface area contributed by atoms with Crippen molar-refractivity contribution in [3.8, 4) is 11.6 Å². The lowest BCUT2D eigenvalue weighted by Crippen LogP contribution is -2.02. The largest absolute Gasteiger partial charge is 0.477 e. The Hall–Kier alpha value is -2.36. The van der Waals surface area contributed by atoms with Gasteiger partial charge in [-0.2, -0.15) is 0 Å². The van der Waals surface area contributed by atoms with Crippen LogP contribution in [-0.4, -0.2) is 16.1 Å². The van der Waals surface area contributed by atoms with Crippen LogP contribution in [0.5, 0.6) is 11.6 Å². The topological polar surface area (TPSA) is 59.4 Å². The number of aromatic nitrogens is 1. The lowest BCUT2D eigenvalue weighted by Gasteiger charge is -2.11. The lowest BCUT2D eigenvalue weighted by molar-refractivity contribution is 0.0693. The van der Waals surface area contributed by atoms with Gasteiger partial charge in [-0.1, -0.05) is 18.2 Å². The molecule has 0 aliphatic carbocycles. The van der Waals surface area contributed by atoms with E-state index in [9.17, 15) is 4.79 Å². The minimum atomic E-state index is -1.05. The zero-order chi connectivity index (χ0) is 13.1. The standard InChI is InChI=1S/C14H13NO3/c1-9-5-3-6-10(2)12(9)18-13-11(14(16)17)7-4-8-15-13/h3-8H,1-2H3,(H,16,17). The number of pyridine rings is 1. The average Bonchev–Trinajstić information content (AvgIpc) is 2.34. The van der Waals surface area contributed by atoms with Crippen LogP contribution in [0.3, 0.4) is 0 Å². The maximum atomic E-state index is 11.1. The van der Waals surface area contributed by atoms with Crippen LogP contribution in [0.1, 0.15) is 21.5 Å². The van der Waals surface area contributed by atoms with E-state index in [-0.39, 0.29) is 11.4 Å². The van der Waals surface area contributed by atoms with Crippen LogP contribution in [0.25, 0.3) is 0 Å². The summed E-state index contributed by atoms with van der Waals surface area (Å²) in [7, 11) is 0. The molecule has 18 heavy (non-hydrogen) atoms. The zero-order valence-electron chi connectivity index (χ0n) is 10.2. The summed E-state index contributed by atoms with van der Waals surface area (Å²) in [6.07, 6.45) is 1.51. The van der Waals surface area contributed by atoms with Crippen LogP contribution >= 0.6 is 0 Å². The molecule has 2 rings (SSSR count). The Labute approximate surface area is 105 Å². The van der Waals surface area contributed by atoms with Crippen LogP contribution in [0, 0.1) is 13.8 Å². The molecule has 1 heterocycles. The van der Waals surface area contributed by atoms with Crippen LogP contribution < -0.4 is 4.74 Å². The van der Waals surface area contributed by atoms with Crippen LogP contribution in [0.2, 0.25) is 0 Å². The summed E-state index contributed by atoms with van der Waals surface area (Å²) in [5.41, 5.74) is 1.94. The second kappa shape index (κ2) is 4.87. The molecule has 4 nitrogen and oxygen atoms in total. The molecule has 0 saturated heterocycles. The number of carboxylic acid groups (broad SMARTS) is 1. The Kier molecular flexibility index (Phi) is 3.28. The molecular formula is C14H13NO3.